The molecule has 0 saturated carbocycles. The largest absolute Gasteiger partial charge is 0.488 e. The topological polar surface area (TPSA) is 67.4 Å². The molecular formula is C17H24F2N2O3. The number of halogens is 2. The van der Waals surface area contributed by atoms with Crippen molar-refractivity contribution in [3.63, 3.8) is 0 Å². The predicted molar refractivity (Wildman–Crippen MR) is 86.9 cm³/mol. The number of hydrogen-bond acceptors (Lipinski definition) is 3. The molecule has 1 aromatic rings. The lowest BCUT2D eigenvalue weighted by atomic mass is 9.96. The average Bonchev–Trinajstić information content (AvgIpc) is 2.50. The van der Waals surface area contributed by atoms with Crippen molar-refractivity contribution in [1.82, 2.24) is 10.6 Å². The van der Waals surface area contributed by atoms with Crippen LogP contribution in [0.25, 0.3) is 0 Å². The van der Waals surface area contributed by atoms with Crippen LogP contribution in [0.5, 0.6) is 5.75 Å². The van der Waals surface area contributed by atoms with Crippen molar-refractivity contribution in [2.24, 2.45) is 5.41 Å². The van der Waals surface area contributed by atoms with Crippen LogP contribution in [0.4, 0.5) is 8.78 Å². The maximum Gasteiger partial charge on any atom is 0.272 e. The van der Waals surface area contributed by atoms with E-state index in [1.165, 1.54) is 0 Å². The summed E-state index contributed by atoms with van der Waals surface area (Å²) in [6, 6.07) is 6.61. The molecule has 0 aromatic heterocycles. The molecule has 0 spiro atoms. The highest BCUT2D eigenvalue weighted by Crippen LogP contribution is 2.14. The van der Waals surface area contributed by atoms with E-state index in [2.05, 4.69) is 10.6 Å². The first-order chi connectivity index (χ1) is 11.2. The van der Waals surface area contributed by atoms with Gasteiger partial charge >= 0.3 is 0 Å². The summed E-state index contributed by atoms with van der Waals surface area (Å²) in [7, 11) is 0. The second-order valence-electron chi connectivity index (χ2n) is 6.38. The lowest BCUT2D eigenvalue weighted by molar-refractivity contribution is -0.128. The number of ether oxygens (including phenoxy) is 1. The molecule has 0 radical (unpaired) electrons. The second kappa shape index (κ2) is 9.20. The highest BCUT2D eigenvalue weighted by molar-refractivity contribution is 5.82. The van der Waals surface area contributed by atoms with E-state index in [1.807, 2.05) is 0 Å². The average molecular weight is 342 g/mol. The molecule has 5 nitrogen and oxygen atoms in total. The van der Waals surface area contributed by atoms with Gasteiger partial charge in [-0.2, -0.15) is 0 Å². The lowest BCUT2D eigenvalue weighted by Crippen LogP contribution is -2.37. The van der Waals surface area contributed by atoms with E-state index in [9.17, 15) is 18.4 Å². The fraction of sp³-hybridized carbons (Fsp3) is 0.529. The van der Waals surface area contributed by atoms with Crippen LogP contribution in [0.2, 0.25) is 0 Å². The summed E-state index contributed by atoms with van der Waals surface area (Å²) in [5.41, 5.74) is 0.253. The van der Waals surface area contributed by atoms with Gasteiger partial charge in [0.25, 0.3) is 6.43 Å². The zero-order chi connectivity index (χ0) is 18.2. The Hall–Kier alpha value is -2.18. The third kappa shape index (κ3) is 7.89. The van der Waals surface area contributed by atoms with Gasteiger partial charge in [0.15, 0.2) is 0 Å². The van der Waals surface area contributed by atoms with Gasteiger partial charge in [-0.05, 0) is 17.7 Å². The van der Waals surface area contributed by atoms with E-state index >= 15 is 0 Å². The third-order valence-electron chi connectivity index (χ3n) is 3.08. The van der Waals surface area contributed by atoms with E-state index in [0.29, 0.717) is 5.75 Å². The molecule has 0 aliphatic rings. The normalized spacial score (nSPS) is 11.2. The van der Waals surface area contributed by atoms with E-state index < -0.39 is 18.4 Å². The SMILES string of the molecule is CC(C)(C)C(=O)NCCC(=O)NCc1cccc(OCC(F)F)c1. The molecule has 0 saturated heterocycles. The Labute approximate surface area is 140 Å². The summed E-state index contributed by atoms with van der Waals surface area (Å²) >= 11 is 0. The fourth-order valence-electron chi connectivity index (χ4n) is 1.75. The van der Waals surface area contributed by atoms with Gasteiger partial charge in [-0.1, -0.05) is 32.9 Å². The van der Waals surface area contributed by atoms with Crippen LogP contribution in [-0.2, 0) is 16.1 Å². The van der Waals surface area contributed by atoms with E-state index in [4.69, 9.17) is 4.74 Å². The van der Waals surface area contributed by atoms with Crippen LogP contribution >= 0.6 is 0 Å². The number of carbonyl (C=O) groups excluding carboxylic acids is 2. The zero-order valence-electron chi connectivity index (χ0n) is 14.2. The van der Waals surface area contributed by atoms with Gasteiger partial charge in [-0.25, -0.2) is 8.78 Å². The number of nitrogens with one attached hydrogen (secondary N) is 2. The minimum Gasteiger partial charge on any atom is -0.488 e. The summed E-state index contributed by atoms with van der Waals surface area (Å²) in [5, 5.41) is 5.41. The number of benzene rings is 1. The quantitative estimate of drug-likeness (QED) is 0.763. The molecule has 2 amide bonds. The van der Waals surface area contributed by atoms with Crippen LogP contribution in [0.1, 0.15) is 32.8 Å². The van der Waals surface area contributed by atoms with Crippen molar-refractivity contribution in [1.29, 1.82) is 0 Å². The first-order valence-corrected chi connectivity index (χ1v) is 7.73. The van der Waals surface area contributed by atoms with Crippen molar-refractivity contribution in [3.8, 4) is 5.75 Å². The molecule has 0 aliphatic carbocycles. The Morgan fingerprint density at radius 3 is 2.54 bits per heavy atom. The van der Waals surface area contributed by atoms with Gasteiger partial charge in [0.05, 0.1) is 0 Å². The predicted octanol–water partition coefficient (Wildman–Crippen LogP) is 2.50. The van der Waals surface area contributed by atoms with E-state index in [0.717, 1.165) is 5.56 Å². The highest BCUT2D eigenvalue weighted by atomic mass is 19.3. The Balaban J connectivity index is 2.34. The number of amides is 2. The summed E-state index contributed by atoms with van der Waals surface area (Å²) in [4.78, 5) is 23.4. The number of hydrogen-bond donors (Lipinski definition) is 2. The van der Waals surface area contributed by atoms with E-state index in [-0.39, 0.29) is 31.3 Å². The maximum atomic E-state index is 12.1. The first kappa shape index (κ1) is 19.9. The standard InChI is InChI=1S/C17H24F2N2O3/c1-17(2,3)16(23)20-8-7-15(22)21-10-12-5-4-6-13(9-12)24-11-14(18)19/h4-6,9,14H,7-8,10-11H2,1-3H3,(H,20,23)(H,21,22). The summed E-state index contributed by atoms with van der Waals surface area (Å²) < 4.78 is 29.2. The monoisotopic (exact) mass is 342 g/mol. The Morgan fingerprint density at radius 2 is 1.92 bits per heavy atom. The van der Waals surface area contributed by atoms with E-state index in [1.54, 1.807) is 45.0 Å². The molecule has 134 valence electrons. The molecule has 24 heavy (non-hydrogen) atoms. The van der Waals surface area contributed by atoms with Gasteiger partial charge < -0.3 is 15.4 Å². The van der Waals surface area contributed by atoms with Gasteiger partial charge in [0, 0.05) is 24.9 Å². The van der Waals surface area contributed by atoms with Crippen molar-refractivity contribution >= 4 is 11.8 Å². The fourth-order valence-corrected chi connectivity index (χ4v) is 1.75. The van der Waals surface area contributed by atoms with Crippen molar-refractivity contribution in [2.45, 2.75) is 40.2 Å². The molecule has 0 aliphatic heterocycles. The Kier molecular flexibility index (Phi) is 7.61. The van der Waals surface area contributed by atoms with Crippen LogP contribution in [0, 0.1) is 5.41 Å². The van der Waals surface area contributed by atoms with Gasteiger partial charge in [0.2, 0.25) is 11.8 Å². The first-order valence-electron chi connectivity index (χ1n) is 7.73. The minimum atomic E-state index is -2.53. The van der Waals surface area contributed by atoms with Crippen LogP contribution in [0.15, 0.2) is 24.3 Å². The number of carbonyl (C=O) groups is 2. The highest BCUT2D eigenvalue weighted by Gasteiger charge is 2.20. The van der Waals surface area contributed by atoms with Gasteiger partial charge in [0.1, 0.15) is 12.4 Å². The molecule has 0 fully saturated rings. The molecule has 7 heteroatoms. The molecule has 0 atom stereocenters. The molecule has 1 rings (SSSR count). The summed E-state index contributed by atoms with van der Waals surface area (Å²) in [5.74, 6) is 0.0155. The van der Waals surface area contributed by atoms with Crippen LogP contribution in [0.3, 0.4) is 0 Å². The molecule has 0 unspecified atom stereocenters. The van der Waals surface area contributed by atoms with Gasteiger partial charge in [-0.15, -0.1) is 0 Å². The van der Waals surface area contributed by atoms with Crippen molar-refractivity contribution < 1.29 is 23.1 Å². The Morgan fingerprint density at radius 1 is 1.21 bits per heavy atom. The lowest BCUT2D eigenvalue weighted by Gasteiger charge is -2.17. The number of alkyl halides is 2. The third-order valence-corrected chi connectivity index (χ3v) is 3.08. The molecule has 0 heterocycles. The Bertz CT molecular complexity index is 557. The number of rotatable bonds is 8. The molecule has 2 N–H and O–H groups in total. The molecule has 1 aromatic carbocycles. The maximum absolute atomic E-state index is 12.1. The second-order valence-corrected chi connectivity index (χ2v) is 6.38. The molecule has 0 bridgehead atoms. The minimum absolute atomic E-state index is 0.112. The molecular weight excluding hydrogens is 318 g/mol. The van der Waals surface area contributed by atoms with Crippen molar-refractivity contribution in [3.05, 3.63) is 29.8 Å². The zero-order valence-corrected chi connectivity index (χ0v) is 14.2. The van der Waals surface area contributed by atoms with Crippen LogP contribution < -0.4 is 15.4 Å². The van der Waals surface area contributed by atoms with Crippen LogP contribution in [-0.4, -0.2) is 31.4 Å². The van der Waals surface area contributed by atoms with Gasteiger partial charge in [-0.3, -0.25) is 9.59 Å². The summed E-state index contributed by atoms with van der Waals surface area (Å²) in [6.45, 7) is 5.25. The summed E-state index contributed by atoms with van der Waals surface area (Å²) in [6.07, 6.45) is -2.36. The smallest absolute Gasteiger partial charge is 0.272 e. The van der Waals surface area contributed by atoms with Crippen molar-refractivity contribution in [2.75, 3.05) is 13.2 Å².